The summed E-state index contributed by atoms with van der Waals surface area (Å²) in [4.78, 5) is 11.1. The lowest BCUT2D eigenvalue weighted by Crippen LogP contribution is -2.44. The van der Waals surface area contributed by atoms with Gasteiger partial charge in [-0.1, -0.05) is 27.2 Å². The Balaban J connectivity index is 2.47. The number of hydrogen-bond acceptors (Lipinski definition) is 3. The normalized spacial score (nSPS) is 30.4. The fraction of sp³-hybridized carbons (Fsp3) is 0.923. The molecule has 0 aromatic rings. The van der Waals surface area contributed by atoms with E-state index in [2.05, 4.69) is 30.8 Å². The standard InChI is InChI=1S/C13H25NO2/c1-9(2)11-6-5-10(3)7-12(11)14-8-13(15)16-4/h9-12,14H,5-8H2,1-4H3. The predicted molar refractivity (Wildman–Crippen MR) is 65.1 cm³/mol. The molecule has 0 heterocycles. The lowest BCUT2D eigenvalue weighted by atomic mass is 9.74. The van der Waals surface area contributed by atoms with Crippen molar-refractivity contribution >= 4 is 5.97 Å². The van der Waals surface area contributed by atoms with Crippen LogP contribution in [0.1, 0.15) is 40.0 Å². The van der Waals surface area contributed by atoms with Gasteiger partial charge in [0.2, 0.25) is 0 Å². The molecule has 1 aliphatic rings. The van der Waals surface area contributed by atoms with E-state index in [4.69, 9.17) is 0 Å². The van der Waals surface area contributed by atoms with Crippen LogP contribution in [0.5, 0.6) is 0 Å². The average Bonchev–Trinajstić information content (AvgIpc) is 2.25. The second kappa shape index (κ2) is 6.24. The summed E-state index contributed by atoms with van der Waals surface area (Å²) >= 11 is 0. The fourth-order valence-electron chi connectivity index (χ4n) is 2.72. The van der Waals surface area contributed by atoms with E-state index in [0.29, 0.717) is 24.4 Å². The van der Waals surface area contributed by atoms with Gasteiger partial charge in [-0.2, -0.15) is 0 Å². The summed E-state index contributed by atoms with van der Waals surface area (Å²) in [6.45, 7) is 7.18. The highest BCUT2D eigenvalue weighted by molar-refractivity contribution is 5.71. The highest BCUT2D eigenvalue weighted by Gasteiger charge is 2.30. The Bertz CT molecular complexity index is 228. The second-order valence-corrected chi connectivity index (χ2v) is 5.39. The molecule has 0 saturated heterocycles. The van der Waals surface area contributed by atoms with Crippen molar-refractivity contribution in [3.8, 4) is 0 Å². The number of nitrogens with one attached hydrogen (secondary N) is 1. The highest BCUT2D eigenvalue weighted by atomic mass is 16.5. The van der Waals surface area contributed by atoms with Crippen LogP contribution in [0.2, 0.25) is 0 Å². The van der Waals surface area contributed by atoms with Crippen molar-refractivity contribution in [2.45, 2.75) is 46.1 Å². The van der Waals surface area contributed by atoms with E-state index in [9.17, 15) is 4.79 Å². The molecule has 0 spiro atoms. The molecule has 1 aliphatic carbocycles. The molecule has 1 N–H and O–H groups in total. The topological polar surface area (TPSA) is 38.3 Å². The molecule has 3 heteroatoms. The molecule has 0 bridgehead atoms. The van der Waals surface area contributed by atoms with E-state index in [-0.39, 0.29) is 5.97 Å². The van der Waals surface area contributed by atoms with Gasteiger partial charge >= 0.3 is 5.97 Å². The minimum Gasteiger partial charge on any atom is -0.468 e. The Hall–Kier alpha value is -0.570. The monoisotopic (exact) mass is 227 g/mol. The maximum atomic E-state index is 11.1. The molecule has 0 radical (unpaired) electrons. The predicted octanol–water partition coefficient (Wildman–Crippen LogP) is 2.21. The Morgan fingerprint density at radius 3 is 2.69 bits per heavy atom. The van der Waals surface area contributed by atoms with E-state index in [1.807, 2.05) is 0 Å². The van der Waals surface area contributed by atoms with Crippen molar-refractivity contribution in [3.63, 3.8) is 0 Å². The molecule has 3 atom stereocenters. The van der Waals surface area contributed by atoms with Gasteiger partial charge in [0.25, 0.3) is 0 Å². The minimum absolute atomic E-state index is 0.166. The maximum absolute atomic E-state index is 11.1. The largest absolute Gasteiger partial charge is 0.468 e. The summed E-state index contributed by atoms with van der Waals surface area (Å²) in [5, 5.41) is 3.36. The Morgan fingerprint density at radius 2 is 2.12 bits per heavy atom. The first-order chi connectivity index (χ1) is 7.54. The van der Waals surface area contributed by atoms with Gasteiger partial charge in [-0.15, -0.1) is 0 Å². The zero-order valence-corrected chi connectivity index (χ0v) is 11.0. The minimum atomic E-state index is -0.166. The molecule has 94 valence electrons. The smallest absolute Gasteiger partial charge is 0.319 e. The third-order valence-corrected chi connectivity index (χ3v) is 3.76. The molecule has 1 rings (SSSR count). The molecule has 1 saturated carbocycles. The van der Waals surface area contributed by atoms with E-state index >= 15 is 0 Å². The molecule has 3 unspecified atom stereocenters. The molecular formula is C13H25NO2. The molecular weight excluding hydrogens is 202 g/mol. The van der Waals surface area contributed by atoms with Crippen LogP contribution in [0.15, 0.2) is 0 Å². The number of carbonyl (C=O) groups excluding carboxylic acids is 1. The molecule has 0 amide bonds. The number of ether oxygens (including phenoxy) is 1. The highest BCUT2D eigenvalue weighted by Crippen LogP contribution is 2.33. The van der Waals surface area contributed by atoms with Crippen molar-refractivity contribution in [2.75, 3.05) is 13.7 Å². The molecule has 0 aromatic carbocycles. The summed E-state index contributed by atoms with van der Waals surface area (Å²) in [5.41, 5.74) is 0. The summed E-state index contributed by atoms with van der Waals surface area (Å²) in [6, 6.07) is 0.475. The van der Waals surface area contributed by atoms with Crippen LogP contribution in [0.25, 0.3) is 0 Å². The third-order valence-electron chi connectivity index (χ3n) is 3.76. The van der Waals surface area contributed by atoms with Gasteiger partial charge in [0.15, 0.2) is 0 Å². The molecule has 1 fully saturated rings. The summed E-state index contributed by atoms with van der Waals surface area (Å²) < 4.78 is 4.66. The average molecular weight is 227 g/mol. The van der Waals surface area contributed by atoms with E-state index in [1.165, 1.54) is 26.4 Å². The van der Waals surface area contributed by atoms with Crippen LogP contribution in [0.3, 0.4) is 0 Å². The SMILES string of the molecule is COC(=O)CNC1CC(C)CCC1C(C)C. The van der Waals surface area contributed by atoms with Gasteiger partial charge in [0.05, 0.1) is 13.7 Å². The Kier molecular flexibility index (Phi) is 5.26. The van der Waals surface area contributed by atoms with E-state index in [1.54, 1.807) is 0 Å². The number of rotatable bonds is 4. The van der Waals surface area contributed by atoms with Crippen LogP contribution in [0, 0.1) is 17.8 Å². The van der Waals surface area contributed by atoms with E-state index < -0.39 is 0 Å². The van der Waals surface area contributed by atoms with Crippen molar-refractivity contribution in [1.29, 1.82) is 0 Å². The Morgan fingerprint density at radius 1 is 1.44 bits per heavy atom. The van der Waals surface area contributed by atoms with Gasteiger partial charge in [-0.25, -0.2) is 0 Å². The van der Waals surface area contributed by atoms with Crippen LogP contribution in [-0.2, 0) is 9.53 Å². The van der Waals surface area contributed by atoms with Gasteiger partial charge in [0.1, 0.15) is 0 Å². The fourth-order valence-corrected chi connectivity index (χ4v) is 2.72. The molecule has 0 aliphatic heterocycles. The van der Waals surface area contributed by atoms with Crippen LogP contribution >= 0.6 is 0 Å². The summed E-state index contributed by atoms with van der Waals surface area (Å²) in [5.74, 6) is 1.98. The summed E-state index contributed by atoms with van der Waals surface area (Å²) in [7, 11) is 1.44. The first-order valence-corrected chi connectivity index (χ1v) is 6.34. The third kappa shape index (κ3) is 3.78. The lowest BCUT2D eigenvalue weighted by Gasteiger charge is -2.37. The van der Waals surface area contributed by atoms with Crippen LogP contribution < -0.4 is 5.32 Å². The molecule has 0 aromatic heterocycles. The van der Waals surface area contributed by atoms with Crippen molar-refractivity contribution < 1.29 is 9.53 Å². The second-order valence-electron chi connectivity index (χ2n) is 5.39. The van der Waals surface area contributed by atoms with Crippen LogP contribution in [0.4, 0.5) is 0 Å². The first-order valence-electron chi connectivity index (χ1n) is 6.34. The zero-order valence-electron chi connectivity index (χ0n) is 11.0. The molecule has 3 nitrogen and oxygen atoms in total. The van der Waals surface area contributed by atoms with Crippen molar-refractivity contribution in [3.05, 3.63) is 0 Å². The first kappa shape index (κ1) is 13.5. The van der Waals surface area contributed by atoms with Crippen molar-refractivity contribution in [2.24, 2.45) is 17.8 Å². The van der Waals surface area contributed by atoms with Gasteiger partial charge < -0.3 is 10.1 Å². The van der Waals surface area contributed by atoms with Gasteiger partial charge in [0, 0.05) is 6.04 Å². The van der Waals surface area contributed by atoms with Crippen LogP contribution in [-0.4, -0.2) is 25.7 Å². The number of hydrogen-bond donors (Lipinski definition) is 1. The molecule has 16 heavy (non-hydrogen) atoms. The maximum Gasteiger partial charge on any atom is 0.319 e. The van der Waals surface area contributed by atoms with Gasteiger partial charge in [-0.05, 0) is 30.6 Å². The van der Waals surface area contributed by atoms with Crippen molar-refractivity contribution in [1.82, 2.24) is 5.32 Å². The zero-order chi connectivity index (χ0) is 12.1. The van der Waals surface area contributed by atoms with E-state index in [0.717, 1.165) is 5.92 Å². The number of methoxy groups -OCH3 is 1. The summed E-state index contributed by atoms with van der Waals surface area (Å²) in [6.07, 6.45) is 3.77. The quantitative estimate of drug-likeness (QED) is 0.748. The number of esters is 1. The number of carbonyl (C=O) groups is 1. The lowest BCUT2D eigenvalue weighted by molar-refractivity contribution is -0.139. The van der Waals surface area contributed by atoms with Gasteiger partial charge in [-0.3, -0.25) is 4.79 Å². The Labute approximate surface area is 98.9 Å².